The van der Waals surface area contributed by atoms with E-state index < -0.39 is 5.97 Å². The summed E-state index contributed by atoms with van der Waals surface area (Å²) in [6.45, 7) is 8.44. The average Bonchev–Trinajstić information content (AvgIpc) is 2.89. The van der Waals surface area contributed by atoms with Crippen LogP contribution in [-0.2, 0) is 11.0 Å². The molecule has 0 aliphatic rings. The quantitative estimate of drug-likeness (QED) is 0.917. The summed E-state index contributed by atoms with van der Waals surface area (Å²) in [5.41, 5.74) is 0.831. The van der Waals surface area contributed by atoms with Gasteiger partial charge in [-0.3, -0.25) is 0 Å². The molecule has 112 valence electrons. The molecule has 0 fully saturated rings. The molecule has 1 aromatic carbocycles. The van der Waals surface area contributed by atoms with Crippen LogP contribution in [0.2, 0.25) is 0 Å². The van der Waals surface area contributed by atoms with Crippen molar-refractivity contribution in [3.63, 3.8) is 0 Å². The summed E-state index contributed by atoms with van der Waals surface area (Å²) in [7, 11) is 0. The first-order chi connectivity index (χ1) is 9.72. The summed E-state index contributed by atoms with van der Waals surface area (Å²) in [5, 5.41) is 16.6. The van der Waals surface area contributed by atoms with Crippen LogP contribution in [0.15, 0.2) is 36.5 Å². The standard InChI is InChI=1S/C16H21N3O2/c1-15(2,12-8-6-5-7-9-12)11-16(3,4)19-10-13(14(20)21)17-18-19/h5-10H,11H2,1-4H3,(H,20,21). The lowest BCUT2D eigenvalue weighted by atomic mass is 9.75. The first kappa shape index (κ1) is 15.2. The number of carboxylic acids is 1. The highest BCUT2D eigenvalue weighted by atomic mass is 16.4. The van der Waals surface area contributed by atoms with Crippen molar-refractivity contribution in [1.29, 1.82) is 0 Å². The third kappa shape index (κ3) is 3.29. The molecule has 1 heterocycles. The van der Waals surface area contributed by atoms with Crippen LogP contribution in [0.5, 0.6) is 0 Å². The second-order valence-electron chi connectivity index (χ2n) is 6.59. The average molecular weight is 287 g/mol. The molecule has 0 amide bonds. The zero-order chi connectivity index (χ0) is 15.7. The molecule has 0 atom stereocenters. The van der Waals surface area contributed by atoms with Gasteiger partial charge in [-0.2, -0.15) is 0 Å². The molecule has 2 rings (SSSR count). The topological polar surface area (TPSA) is 68.0 Å². The van der Waals surface area contributed by atoms with E-state index in [9.17, 15) is 4.79 Å². The molecule has 0 saturated heterocycles. The number of carboxylic acid groups (broad SMARTS) is 1. The van der Waals surface area contributed by atoms with Gasteiger partial charge >= 0.3 is 5.97 Å². The van der Waals surface area contributed by atoms with E-state index in [0.717, 1.165) is 6.42 Å². The summed E-state index contributed by atoms with van der Waals surface area (Å²) in [5.74, 6) is -1.06. The normalized spacial score (nSPS) is 12.4. The molecule has 0 aliphatic heterocycles. The highest BCUT2D eigenvalue weighted by molar-refractivity contribution is 5.84. The summed E-state index contributed by atoms with van der Waals surface area (Å²) in [6.07, 6.45) is 2.30. The Balaban J connectivity index is 2.25. The van der Waals surface area contributed by atoms with Crippen LogP contribution in [0.1, 0.15) is 50.2 Å². The summed E-state index contributed by atoms with van der Waals surface area (Å²) in [6, 6.07) is 10.3. The van der Waals surface area contributed by atoms with Gasteiger partial charge in [0.25, 0.3) is 0 Å². The lowest BCUT2D eigenvalue weighted by Gasteiger charge is -2.35. The first-order valence-electron chi connectivity index (χ1n) is 6.94. The van der Waals surface area contributed by atoms with Crippen molar-refractivity contribution in [2.75, 3.05) is 0 Å². The number of hydrogen-bond donors (Lipinski definition) is 1. The number of rotatable bonds is 5. The largest absolute Gasteiger partial charge is 0.476 e. The maximum atomic E-state index is 10.9. The molecule has 5 nitrogen and oxygen atoms in total. The summed E-state index contributed by atoms with van der Waals surface area (Å²) in [4.78, 5) is 10.9. The highest BCUT2D eigenvalue weighted by Gasteiger charge is 2.32. The monoisotopic (exact) mass is 287 g/mol. The minimum atomic E-state index is -1.06. The molecule has 0 radical (unpaired) electrons. The van der Waals surface area contributed by atoms with Gasteiger partial charge in [-0.25, -0.2) is 9.48 Å². The predicted molar refractivity (Wildman–Crippen MR) is 80.4 cm³/mol. The molecule has 0 aliphatic carbocycles. The van der Waals surface area contributed by atoms with Gasteiger partial charge < -0.3 is 5.11 Å². The van der Waals surface area contributed by atoms with Gasteiger partial charge in [0, 0.05) is 0 Å². The second-order valence-corrected chi connectivity index (χ2v) is 6.59. The number of aromatic carboxylic acids is 1. The van der Waals surface area contributed by atoms with Crippen LogP contribution in [0.25, 0.3) is 0 Å². The SMILES string of the molecule is CC(C)(CC(C)(C)n1cc(C(=O)O)nn1)c1ccccc1. The third-order valence-corrected chi connectivity index (χ3v) is 3.76. The van der Waals surface area contributed by atoms with Gasteiger partial charge in [-0.1, -0.05) is 49.4 Å². The van der Waals surface area contributed by atoms with Crippen LogP contribution < -0.4 is 0 Å². The lowest BCUT2D eigenvalue weighted by molar-refractivity contribution is 0.0690. The van der Waals surface area contributed by atoms with Gasteiger partial charge in [-0.05, 0) is 31.2 Å². The molecular formula is C16H21N3O2. The maximum Gasteiger partial charge on any atom is 0.358 e. The zero-order valence-corrected chi connectivity index (χ0v) is 12.9. The zero-order valence-electron chi connectivity index (χ0n) is 12.9. The van der Waals surface area contributed by atoms with Crippen LogP contribution in [0.4, 0.5) is 0 Å². The van der Waals surface area contributed by atoms with Gasteiger partial charge in [-0.15, -0.1) is 5.10 Å². The molecule has 0 unspecified atom stereocenters. The van der Waals surface area contributed by atoms with Gasteiger partial charge in [0.2, 0.25) is 0 Å². The highest BCUT2D eigenvalue weighted by Crippen LogP contribution is 2.35. The molecule has 21 heavy (non-hydrogen) atoms. The number of nitrogens with zero attached hydrogens (tertiary/aromatic N) is 3. The fourth-order valence-electron chi connectivity index (χ4n) is 2.81. The molecular weight excluding hydrogens is 266 g/mol. The minimum Gasteiger partial charge on any atom is -0.476 e. The van der Waals surface area contributed by atoms with Crippen molar-refractivity contribution in [2.24, 2.45) is 0 Å². The van der Waals surface area contributed by atoms with Crippen molar-refractivity contribution in [2.45, 2.75) is 45.1 Å². The van der Waals surface area contributed by atoms with E-state index in [1.165, 1.54) is 11.8 Å². The minimum absolute atomic E-state index is 0.0272. The van der Waals surface area contributed by atoms with E-state index in [2.05, 4.69) is 36.3 Å². The van der Waals surface area contributed by atoms with Crippen LogP contribution in [-0.4, -0.2) is 26.1 Å². The molecule has 2 aromatic rings. The van der Waals surface area contributed by atoms with Crippen LogP contribution >= 0.6 is 0 Å². The van der Waals surface area contributed by atoms with Crippen LogP contribution in [0.3, 0.4) is 0 Å². The van der Waals surface area contributed by atoms with Crippen molar-refractivity contribution in [3.8, 4) is 0 Å². The predicted octanol–water partition coefficient (Wildman–Crippen LogP) is 3.08. The van der Waals surface area contributed by atoms with E-state index in [1.54, 1.807) is 4.68 Å². The van der Waals surface area contributed by atoms with E-state index >= 15 is 0 Å². The Morgan fingerprint density at radius 3 is 2.33 bits per heavy atom. The van der Waals surface area contributed by atoms with E-state index in [4.69, 9.17) is 5.11 Å². The van der Waals surface area contributed by atoms with E-state index in [-0.39, 0.29) is 16.6 Å². The Bertz CT molecular complexity index is 630. The fourth-order valence-corrected chi connectivity index (χ4v) is 2.81. The second kappa shape index (κ2) is 5.31. The van der Waals surface area contributed by atoms with Crippen molar-refractivity contribution in [1.82, 2.24) is 15.0 Å². The molecule has 0 bridgehead atoms. The summed E-state index contributed by atoms with van der Waals surface area (Å²) >= 11 is 0. The van der Waals surface area contributed by atoms with Gasteiger partial charge in [0.15, 0.2) is 5.69 Å². The molecule has 1 N–H and O–H groups in total. The van der Waals surface area contributed by atoms with E-state index in [0.29, 0.717) is 0 Å². The molecule has 1 aromatic heterocycles. The summed E-state index contributed by atoms with van der Waals surface area (Å²) < 4.78 is 1.64. The molecule has 0 spiro atoms. The fraction of sp³-hybridized carbons (Fsp3) is 0.438. The van der Waals surface area contributed by atoms with Gasteiger partial charge in [0.05, 0.1) is 11.7 Å². The number of aromatic nitrogens is 3. The first-order valence-corrected chi connectivity index (χ1v) is 6.94. The number of hydrogen-bond acceptors (Lipinski definition) is 3. The van der Waals surface area contributed by atoms with E-state index in [1.807, 2.05) is 32.0 Å². The Kier molecular flexibility index (Phi) is 3.85. The molecule has 0 saturated carbocycles. The number of carbonyl (C=O) groups is 1. The van der Waals surface area contributed by atoms with Crippen molar-refractivity contribution in [3.05, 3.63) is 47.8 Å². The van der Waals surface area contributed by atoms with Crippen molar-refractivity contribution < 1.29 is 9.90 Å². The lowest BCUT2D eigenvalue weighted by Crippen LogP contribution is -2.35. The Labute approximate surface area is 124 Å². The van der Waals surface area contributed by atoms with Crippen LogP contribution in [0, 0.1) is 0 Å². The Morgan fingerprint density at radius 1 is 1.19 bits per heavy atom. The third-order valence-electron chi connectivity index (χ3n) is 3.76. The van der Waals surface area contributed by atoms with Crippen molar-refractivity contribution >= 4 is 5.97 Å². The molecule has 5 heteroatoms. The maximum absolute atomic E-state index is 10.9. The smallest absolute Gasteiger partial charge is 0.358 e. The number of benzene rings is 1. The Hall–Kier alpha value is -2.17. The Morgan fingerprint density at radius 2 is 1.81 bits per heavy atom. The van der Waals surface area contributed by atoms with Gasteiger partial charge in [0.1, 0.15) is 0 Å².